The molecule has 1 saturated heterocycles. The van der Waals surface area contributed by atoms with Gasteiger partial charge in [0.25, 0.3) is 5.91 Å². The number of hydrogen-bond acceptors (Lipinski definition) is 4. The topological polar surface area (TPSA) is 66.5 Å². The average Bonchev–Trinajstić information content (AvgIpc) is 2.79. The van der Waals surface area contributed by atoms with E-state index in [0.717, 1.165) is 16.0 Å². The molecule has 1 aromatic carbocycles. The summed E-state index contributed by atoms with van der Waals surface area (Å²) in [6, 6.07) is 7.59. The van der Waals surface area contributed by atoms with Crippen LogP contribution in [0.1, 0.15) is 30.1 Å². The summed E-state index contributed by atoms with van der Waals surface area (Å²) in [6.07, 6.45) is -0.349. The highest BCUT2D eigenvalue weighted by Crippen LogP contribution is 2.30. The number of ketones is 1. The van der Waals surface area contributed by atoms with Gasteiger partial charge in [-0.25, -0.2) is 0 Å². The zero-order valence-electron chi connectivity index (χ0n) is 9.68. The lowest BCUT2D eigenvalue weighted by molar-refractivity contribution is -0.158. The Balaban J connectivity index is 1.98. The number of Topliss-reactive ketones (excluding diaryl/α,β-unsaturated/α-hetero) is 1. The molecule has 3 rings (SSSR count). The van der Waals surface area contributed by atoms with E-state index >= 15 is 0 Å². The molecule has 0 saturated carbocycles. The predicted octanol–water partition coefficient (Wildman–Crippen LogP) is 0.506. The van der Waals surface area contributed by atoms with Crippen molar-refractivity contribution in [2.45, 2.75) is 25.6 Å². The molecule has 2 amide bonds. The molecular formula is C13H12N2O3. The second-order valence-corrected chi connectivity index (χ2v) is 4.47. The molecule has 0 bridgehead atoms. The van der Waals surface area contributed by atoms with Crippen LogP contribution in [0.4, 0.5) is 0 Å². The van der Waals surface area contributed by atoms with Crippen LogP contribution in [0.3, 0.4) is 0 Å². The van der Waals surface area contributed by atoms with E-state index in [1.807, 2.05) is 24.3 Å². The quantitative estimate of drug-likeness (QED) is 0.577. The Hall–Kier alpha value is -2.01. The van der Waals surface area contributed by atoms with Crippen LogP contribution in [0, 0.1) is 0 Å². The van der Waals surface area contributed by atoms with Gasteiger partial charge in [-0.05, 0) is 11.1 Å². The Morgan fingerprint density at radius 3 is 2.72 bits per heavy atom. The molecule has 2 aliphatic rings. The zero-order valence-corrected chi connectivity index (χ0v) is 9.68. The minimum absolute atomic E-state index is 0.0303. The second kappa shape index (κ2) is 4.03. The van der Waals surface area contributed by atoms with Crippen molar-refractivity contribution >= 4 is 17.6 Å². The van der Waals surface area contributed by atoms with Gasteiger partial charge in [-0.2, -0.15) is 0 Å². The first-order valence-electron chi connectivity index (χ1n) is 5.89. The van der Waals surface area contributed by atoms with Crippen molar-refractivity contribution in [3.05, 3.63) is 35.4 Å². The summed E-state index contributed by atoms with van der Waals surface area (Å²) in [5.41, 5.74) is 1.95. The SMILES string of the molecule is O=C1CCC(=O)N(C2NCc3ccccc32)C1=O. The van der Waals surface area contributed by atoms with E-state index in [0.29, 0.717) is 6.54 Å². The minimum atomic E-state index is -0.694. The van der Waals surface area contributed by atoms with E-state index in [9.17, 15) is 14.4 Å². The molecule has 2 heterocycles. The molecule has 2 aliphatic heterocycles. The number of carbonyl (C=O) groups excluding carboxylic acids is 3. The van der Waals surface area contributed by atoms with Gasteiger partial charge in [0.1, 0.15) is 6.17 Å². The fraction of sp³-hybridized carbons (Fsp3) is 0.308. The molecule has 1 N–H and O–H groups in total. The van der Waals surface area contributed by atoms with Crippen LogP contribution in [0.25, 0.3) is 0 Å². The summed E-state index contributed by atoms with van der Waals surface area (Å²) in [5, 5.41) is 3.11. The lowest BCUT2D eigenvalue weighted by atomic mass is 10.0. The van der Waals surface area contributed by atoms with Crippen LogP contribution in [0.2, 0.25) is 0 Å². The highest BCUT2D eigenvalue weighted by Gasteiger charge is 2.40. The molecule has 18 heavy (non-hydrogen) atoms. The smallest absolute Gasteiger partial charge is 0.289 e. The van der Waals surface area contributed by atoms with Crippen molar-refractivity contribution in [1.82, 2.24) is 10.2 Å². The second-order valence-electron chi connectivity index (χ2n) is 4.47. The molecule has 0 aromatic heterocycles. The van der Waals surface area contributed by atoms with Crippen molar-refractivity contribution in [2.75, 3.05) is 0 Å². The fourth-order valence-electron chi connectivity index (χ4n) is 2.47. The van der Waals surface area contributed by atoms with Crippen LogP contribution < -0.4 is 5.32 Å². The molecule has 1 aromatic rings. The molecule has 0 aliphatic carbocycles. The summed E-state index contributed by atoms with van der Waals surface area (Å²) >= 11 is 0. The molecule has 5 nitrogen and oxygen atoms in total. The van der Waals surface area contributed by atoms with Crippen LogP contribution in [-0.4, -0.2) is 22.5 Å². The first kappa shape index (κ1) is 11.1. The van der Waals surface area contributed by atoms with Crippen LogP contribution in [-0.2, 0) is 20.9 Å². The predicted molar refractivity (Wildman–Crippen MR) is 62.1 cm³/mol. The number of benzene rings is 1. The van der Waals surface area contributed by atoms with Gasteiger partial charge in [0.05, 0.1) is 0 Å². The van der Waals surface area contributed by atoms with Crippen LogP contribution in [0.15, 0.2) is 24.3 Å². The van der Waals surface area contributed by atoms with Gasteiger partial charge in [0.2, 0.25) is 11.7 Å². The maximum absolute atomic E-state index is 11.9. The summed E-state index contributed by atoms with van der Waals surface area (Å²) in [4.78, 5) is 36.2. The summed E-state index contributed by atoms with van der Waals surface area (Å²) in [5.74, 6) is -1.46. The Kier molecular flexibility index (Phi) is 2.48. The van der Waals surface area contributed by atoms with Gasteiger partial charge in [0, 0.05) is 19.4 Å². The maximum Gasteiger partial charge on any atom is 0.298 e. The standard InChI is InChI=1S/C13H12N2O3/c16-10-5-6-11(17)15(13(10)18)12-9-4-2-1-3-8(9)7-14-12/h1-4,12,14H,5-7H2. The van der Waals surface area contributed by atoms with Gasteiger partial charge >= 0.3 is 0 Å². The van der Waals surface area contributed by atoms with Crippen molar-refractivity contribution in [3.63, 3.8) is 0 Å². The minimum Gasteiger partial charge on any atom is -0.289 e. The first-order chi connectivity index (χ1) is 8.68. The largest absolute Gasteiger partial charge is 0.298 e. The van der Waals surface area contributed by atoms with E-state index < -0.39 is 17.9 Å². The molecule has 5 heteroatoms. The fourth-order valence-corrected chi connectivity index (χ4v) is 2.47. The first-order valence-corrected chi connectivity index (χ1v) is 5.89. The number of amides is 2. The van der Waals surface area contributed by atoms with Crippen molar-refractivity contribution in [2.24, 2.45) is 0 Å². The van der Waals surface area contributed by atoms with E-state index in [1.165, 1.54) is 0 Å². The van der Waals surface area contributed by atoms with Crippen molar-refractivity contribution in [1.29, 1.82) is 0 Å². The van der Waals surface area contributed by atoms with E-state index in [4.69, 9.17) is 0 Å². The number of piperidine rings is 1. The Bertz CT molecular complexity index is 553. The molecule has 92 valence electrons. The normalized spacial score (nSPS) is 23.4. The molecular weight excluding hydrogens is 232 g/mol. The summed E-state index contributed by atoms with van der Waals surface area (Å²) in [6.45, 7) is 0.603. The highest BCUT2D eigenvalue weighted by molar-refractivity contribution is 6.40. The number of likely N-dealkylation sites (tertiary alicyclic amines) is 1. The van der Waals surface area contributed by atoms with E-state index in [2.05, 4.69) is 5.32 Å². The number of nitrogens with one attached hydrogen (secondary N) is 1. The lowest BCUT2D eigenvalue weighted by Crippen LogP contribution is -2.49. The number of hydrogen-bond donors (Lipinski definition) is 1. The number of imide groups is 1. The van der Waals surface area contributed by atoms with Crippen molar-refractivity contribution < 1.29 is 14.4 Å². The Morgan fingerprint density at radius 2 is 1.89 bits per heavy atom. The van der Waals surface area contributed by atoms with Crippen molar-refractivity contribution in [3.8, 4) is 0 Å². The van der Waals surface area contributed by atoms with Crippen LogP contribution >= 0.6 is 0 Å². The third kappa shape index (κ3) is 1.55. The van der Waals surface area contributed by atoms with Gasteiger partial charge in [-0.15, -0.1) is 0 Å². The highest BCUT2D eigenvalue weighted by atomic mass is 16.2. The monoisotopic (exact) mass is 244 g/mol. The average molecular weight is 244 g/mol. The molecule has 1 atom stereocenters. The third-order valence-corrected chi connectivity index (χ3v) is 3.39. The van der Waals surface area contributed by atoms with Gasteiger partial charge in [0.15, 0.2) is 0 Å². The Labute approximate surface area is 104 Å². The number of rotatable bonds is 1. The molecule has 0 radical (unpaired) electrons. The maximum atomic E-state index is 11.9. The zero-order chi connectivity index (χ0) is 12.7. The van der Waals surface area contributed by atoms with E-state index in [-0.39, 0.29) is 18.7 Å². The van der Waals surface area contributed by atoms with Crippen LogP contribution in [0.5, 0.6) is 0 Å². The number of fused-ring (bicyclic) bond motifs is 1. The van der Waals surface area contributed by atoms with Gasteiger partial charge in [-0.1, -0.05) is 24.3 Å². The van der Waals surface area contributed by atoms with E-state index in [1.54, 1.807) is 0 Å². The third-order valence-electron chi connectivity index (χ3n) is 3.39. The summed E-state index contributed by atoms with van der Waals surface area (Å²) in [7, 11) is 0. The molecule has 1 fully saturated rings. The van der Waals surface area contributed by atoms with Gasteiger partial charge in [-0.3, -0.25) is 24.6 Å². The van der Waals surface area contributed by atoms with Gasteiger partial charge < -0.3 is 0 Å². The number of carbonyl (C=O) groups is 3. The molecule has 1 unspecified atom stereocenters. The Morgan fingerprint density at radius 1 is 1.11 bits per heavy atom. The summed E-state index contributed by atoms with van der Waals surface area (Å²) < 4.78 is 0. The molecule has 0 spiro atoms. The lowest BCUT2D eigenvalue weighted by Gasteiger charge is -2.30. The number of nitrogens with zero attached hydrogens (tertiary/aromatic N) is 1.